The zero-order valence-corrected chi connectivity index (χ0v) is 14.2. The summed E-state index contributed by atoms with van der Waals surface area (Å²) in [5.74, 6) is -7.98. The first kappa shape index (κ1) is 29.5. The normalized spacial score (nSPS) is 11.1. The molecule has 126 valence electrons. The molecule has 0 spiro atoms. The Hall–Kier alpha value is -1.47. The van der Waals surface area contributed by atoms with Crippen LogP contribution in [0, 0.1) is 0 Å². The molecule has 0 amide bonds. The maximum Gasteiger partial charge on any atom is 1.00 e. The number of ketones is 1. The zero-order chi connectivity index (χ0) is 18.5. The molecule has 0 aromatic heterocycles. The van der Waals surface area contributed by atoms with Gasteiger partial charge in [-0.25, -0.2) is 14.4 Å². The van der Waals surface area contributed by atoms with Gasteiger partial charge in [0, 0.05) is 0 Å². The largest absolute Gasteiger partial charge is 1.00 e. The first-order valence-electron chi connectivity index (χ1n) is 4.66. The number of Topliss-reactive ketones (excluding diaryl/α,β-unsaturated/α-hetero) is 1. The predicted octanol–water partition coefficient (Wildman–Crippen LogP) is -6.45. The van der Waals surface area contributed by atoms with Crippen LogP contribution in [0.15, 0.2) is 0 Å². The Bertz CT molecular complexity index is 418. The van der Waals surface area contributed by atoms with E-state index < -0.39 is 57.0 Å². The quantitative estimate of drug-likeness (QED) is 0.111. The van der Waals surface area contributed by atoms with Crippen molar-refractivity contribution in [1.29, 1.82) is 0 Å². The molecule has 15 heteroatoms. The average Bonchev–Trinajstić information content (AvgIpc) is 2.37. The van der Waals surface area contributed by atoms with Crippen molar-refractivity contribution in [1.82, 2.24) is 0 Å². The van der Waals surface area contributed by atoms with E-state index in [4.69, 9.17) is 40.1 Å². The van der Waals surface area contributed by atoms with Gasteiger partial charge >= 0.3 is 53.4 Å². The Morgan fingerprint density at radius 3 is 1.22 bits per heavy atom. The van der Waals surface area contributed by atoms with Crippen LogP contribution in [-0.2, 0) is 28.5 Å². The molecule has 2 atom stereocenters. The molecule has 23 heavy (non-hydrogen) atoms. The van der Waals surface area contributed by atoms with Crippen LogP contribution in [0.1, 0.15) is 6.42 Å². The fourth-order valence-electron chi connectivity index (χ4n) is 0.483. The monoisotopic (exact) mass is 368 g/mol. The Morgan fingerprint density at radius 2 is 1.13 bits per heavy atom. The van der Waals surface area contributed by atoms with Gasteiger partial charge < -0.3 is 35.5 Å². The number of aliphatic hydroxyl groups excluding tert-OH is 2. The molecule has 0 aliphatic heterocycles. The molecule has 6 N–H and O–H groups in total. The fourth-order valence-corrected chi connectivity index (χ4v) is 0.483. The standard InChI is InChI=1S/C4H6O6.C4H4O5.Na.HO2P/c5-1(3(7)8)2(6)4(9)10;5-2(4(8)9)1-3(6)7;;1-3-2/h1-2,5-6H,(H,7,8)(H,9,10);1H2,(H,6,7)(H,8,9);;(H,1,2)/q;;+1;/p-1. The molecule has 0 heterocycles. The molecular weight excluding hydrogens is 358 g/mol. The Balaban J connectivity index is -0.000000130. The maximum atomic E-state index is 9.97. The van der Waals surface area contributed by atoms with Gasteiger partial charge in [0.15, 0.2) is 12.2 Å². The first-order valence-corrected chi connectivity index (χ1v) is 5.39. The minimum Gasteiger partial charge on any atom is -0.772 e. The van der Waals surface area contributed by atoms with E-state index in [0.717, 1.165) is 0 Å². The average molecular weight is 368 g/mol. The SMILES string of the molecule is O=C(O)C(O)C(O)C(=O)O.O=C(O)CC(=O)C(=O)O.O=P[O-].[Na+]. The molecule has 0 saturated heterocycles. The number of carboxylic acids is 4. The van der Waals surface area contributed by atoms with Crippen LogP contribution in [0.4, 0.5) is 0 Å². The van der Waals surface area contributed by atoms with E-state index in [2.05, 4.69) is 0 Å². The van der Waals surface area contributed by atoms with Crippen molar-refractivity contribution in [3.8, 4) is 0 Å². The molecule has 13 nitrogen and oxygen atoms in total. The Morgan fingerprint density at radius 1 is 0.870 bits per heavy atom. The Labute approximate surface area is 150 Å². The zero-order valence-electron chi connectivity index (χ0n) is 11.4. The summed E-state index contributed by atoms with van der Waals surface area (Å²) >= 11 is 0. The van der Waals surface area contributed by atoms with Crippen molar-refractivity contribution in [3.05, 3.63) is 0 Å². The van der Waals surface area contributed by atoms with E-state index in [9.17, 15) is 24.0 Å². The number of hydrogen-bond donors (Lipinski definition) is 6. The summed E-state index contributed by atoms with van der Waals surface area (Å²) in [5, 5.41) is 48.2. The second-order valence-corrected chi connectivity index (χ2v) is 3.09. The fraction of sp³-hybridized carbons (Fsp3) is 0.375. The third-order valence-corrected chi connectivity index (χ3v) is 1.36. The molecule has 0 fully saturated rings. The Kier molecular flexibility index (Phi) is 21.7. The van der Waals surface area contributed by atoms with Gasteiger partial charge in [-0.1, -0.05) is 0 Å². The van der Waals surface area contributed by atoms with E-state index in [1.165, 1.54) is 0 Å². The van der Waals surface area contributed by atoms with Crippen LogP contribution in [0.25, 0.3) is 0 Å². The van der Waals surface area contributed by atoms with Crippen LogP contribution in [-0.4, -0.2) is 72.5 Å². The van der Waals surface area contributed by atoms with E-state index in [1.54, 1.807) is 0 Å². The number of carbonyl (C=O) groups is 5. The van der Waals surface area contributed by atoms with Crippen LogP contribution < -0.4 is 34.5 Å². The summed E-state index contributed by atoms with van der Waals surface area (Å²) in [5.41, 5.74) is 0. The summed E-state index contributed by atoms with van der Waals surface area (Å²) in [6, 6.07) is 0. The molecule has 0 aromatic rings. The van der Waals surface area contributed by atoms with Crippen molar-refractivity contribution in [2.75, 3.05) is 0 Å². The molecule has 0 radical (unpaired) electrons. The molecule has 0 aliphatic rings. The summed E-state index contributed by atoms with van der Waals surface area (Å²) in [6.07, 6.45) is -5.48. The summed E-state index contributed by atoms with van der Waals surface area (Å²) in [4.78, 5) is 57.1. The third kappa shape index (κ3) is 20.5. The van der Waals surface area contributed by atoms with E-state index in [-0.39, 0.29) is 29.6 Å². The molecule has 0 aromatic carbocycles. The second kappa shape index (κ2) is 16.9. The van der Waals surface area contributed by atoms with Crippen molar-refractivity contribution < 1.29 is 93.6 Å². The van der Waals surface area contributed by atoms with E-state index in [1.807, 2.05) is 0 Å². The van der Waals surface area contributed by atoms with Gasteiger partial charge in [-0.3, -0.25) is 14.2 Å². The van der Waals surface area contributed by atoms with Crippen LogP contribution in [0.3, 0.4) is 0 Å². The van der Waals surface area contributed by atoms with Crippen LogP contribution in [0.2, 0.25) is 0 Å². The molecule has 0 aliphatic carbocycles. The number of hydrogen-bond acceptors (Lipinski definition) is 9. The maximum absolute atomic E-state index is 9.97. The molecule has 2 unspecified atom stereocenters. The van der Waals surface area contributed by atoms with Gasteiger partial charge in [-0.2, -0.15) is 0 Å². The van der Waals surface area contributed by atoms with Gasteiger partial charge in [0.25, 0.3) is 5.78 Å². The predicted molar refractivity (Wildman–Crippen MR) is 59.8 cm³/mol. The van der Waals surface area contributed by atoms with Gasteiger partial charge in [0.2, 0.25) is 0 Å². The number of carboxylic acid groups (broad SMARTS) is 4. The number of aliphatic carboxylic acids is 4. The van der Waals surface area contributed by atoms with Gasteiger partial charge in [-0.05, 0) is 0 Å². The van der Waals surface area contributed by atoms with Crippen molar-refractivity contribution in [3.63, 3.8) is 0 Å². The molecular formula is C8H10NaO13P. The summed E-state index contributed by atoms with van der Waals surface area (Å²) < 4.78 is 8.35. The molecule has 0 saturated carbocycles. The van der Waals surface area contributed by atoms with E-state index >= 15 is 0 Å². The molecule has 0 bridgehead atoms. The number of rotatable bonds is 6. The first-order chi connectivity index (χ1) is 9.91. The minimum absolute atomic E-state index is 0. The minimum atomic E-state index is -2.27. The van der Waals surface area contributed by atoms with Crippen molar-refractivity contribution >= 4 is 38.3 Å². The van der Waals surface area contributed by atoms with Crippen molar-refractivity contribution in [2.24, 2.45) is 0 Å². The topological polar surface area (TPSA) is 247 Å². The van der Waals surface area contributed by atoms with E-state index in [0.29, 0.717) is 0 Å². The molecule has 0 rings (SSSR count). The number of aliphatic hydroxyl groups is 2. The third-order valence-electron chi connectivity index (χ3n) is 1.36. The number of carbonyl (C=O) groups excluding carboxylic acids is 1. The summed E-state index contributed by atoms with van der Waals surface area (Å²) in [7, 11) is -1.08. The van der Waals surface area contributed by atoms with Crippen molar-refractivity contribution in [2.45, 2.75) is 18.6 Å². The summed E-state index contributed by atoms with van der Waals surface area (Å²) in [6.45, 7) is 0. The van der Waals surface area contributed by atoms with Crippen LogP contribution in [0.5, 0.6) is 0 Å². The van der Waals surface area contributed by atoms with Gasteiger partial charge in [-0.15, -0.1) is 0 Å². The van der Waals surface area contributed by atoms with Crippen LogP contribution >= 0.6 is 8.69 Å². The van der Waals surface area contributed by atoms with Gasteiger partial charge in [0.1, 0.15) is 6.42 Å². The van der Waals surface area contributed by atoms with Gasteiger partial charge in [0.05, 0.1) is 8.69 Å². The second-order valence-electron chi connectivity index (χ2n) is 2.94. The smallest absolute Gasteiger partial charge is 0.772 e.